The fraction of sp³-hybridized carbons (Fsp3) is 0.278. The van der Waals surface area contributed by atoms with Crippen molar-refractivity contribution in [2.75, 3.05) is 31.0 Å². The summed E-state index contributed by atoms with van der Waals surface area (Å²) in [7, 11) is -4.18. The van der Waals surface area contributed by atoms with Crippen LogP contribution in [0.25, 0.3) is 0 Å². The second kappa shape index (κ2) is 7.80. The summed E-state index contributed by atoms with van der Waals surface area (Å²) >= 11 is 0. The molecule has 28 heavy (non-hydrogen) atoms. The molecule has 3 rings (SSSR count). The topological polar surface area (TPSA) is 75.7 Å². The Balaban J connectivity index is 1.85. The van der Waals surface area contributed by atoms with Gasteiger partial charge >= 0.3 is 6.18 Å². The van der Waals surface area contributed by atoms with Gasteiger partial charge < -0.3 is 9.64 Å². The van der Waals surface area contributed by atoms with E-state index < -0.39 is 21.8 Å². The molecule has 0 spiro atoms. The van der Waals surface area contributed by atoms with E-state index in [4.69, 9.17) is 4.74 Å². The maximum Gasteiger partial charge on any atom is 0.416 e. The number of carbonyl (C=O) groups excluding carboxylic acids is 1. The molecule has 1 heterocycles. The third-order valence-corrected chi connectivity index (χ3v) is 5.57. The number of ether oxygens (including phenoxy) is 1. The first-order valence-corrected chi connectivity index (χ1v) is 9.83. The molecule has 1 fully saturated rings. The highest BCUT2D eigenvalue weighted by Crippen LogP contribution is 2.30. The third kappa shape index (κ3) is 4.45. The molecule has 2 aromatic carbocycles. The van der Waals surface area contributed by atoms with Crippen LogP contribution in [0.1, 0.15) is 15.9 Å². The monoisotopic (exact) mass is 414 g/mol. The molecule has 0 aliphatic carbocycles. The lowest BCUT2D eigenvalue weighted by Crippen LogP contribution is -2.41. The molecule has 150 valence electrons. The van der Waals surface area contributed by atoms with Crippen LogP contribution in [-0.2, 0) is 20.9 Å². The number of halogens is 3. The predicted molar refractivity (Wildman–Crippen MR) is 95.4 cm³/mol. The van der Waals surface area contributed by atoms with Crippen molar-refractivity contribution < 1.29 is 31.1 Å². The van der Waals surface area contributed by atoms with Gasteiger partial charge in [0.2, 0.25) is 0 Å². The minimum Gasteiger partial charge on any atom is -0.378 e. The van der Waals surface area contributed by atoms with Crippen molar-refractivity contribution in [1.29, 1.82) is 0 Å². The van der Waals surface area contributed by atoms with Gasteiger partial charge in [-0.15, -0.1) is 0 Å². The van der Waals surface area contributed by atoms with Crippen molar-refractivity contribution in [3.8, 4) is 0 Å². The Hall–Kier alpha value is -2.59. The normalized spacial score (nSPS) is 15.3. The third-order valence-electron chi connectivity index (χ3n) is 4.19. The molecule has 0 atom stereocenters. The number of anilines is 1. The van der Waals surface area contributed by atoms with Crippen molar-refractivity contribution in [3.05, 3.63) is 59.7 Å². The number of hydrogen-bond donors (Lipinski definition) is 1. The van der Waals surface area contributed by atoms with Gasteiger partial charge in [0, 0.05) is 13.1 Å². The van der Waals surface area contributed by atoms with Gasteiger partial charge in [-0.05, 0) is 36.4 Å². The highest BCUT2D eigenvalue weighted by Gasteiger charge is 2.31. The first-order chi connectivity index (χ1) is 13.2. The average Bonchev–Trinajstić information content (AvgIpc) is 2.68. The zero-order chi connectivity index (χ0) is 20.4. The molecule has 1 aliphatic rings. The maximum atomic E-state index is 12.7. The average molecular weight is 414 g/mol. The highest BCUT2D eigenvalue weighted by atomic mass is 32.2. The van der Waals surface area contributed by atoms with Crippen LogP contribution in [-0.4, -0.2) is 45.5 Å². The minimum absolute atomic E-state index is 0.0545. The van der Waals surface area contributed by atoms with Gasteiger partial charge in [0.05, 0.1) is 34.9 Å². The van der Waals surface area contributed by atoms with Crippen molar-refractivity contribution in [2.45, 2.75) is 11.1 Å². The van der Waals surface area contributed by atoms with Gasteiger partial charge in [-0.2, -0.15) is 13.2 Å². The Morgan fingerprint density at radius 2 is 1.61 bits per heavy atom. The van der Waals surface area contributed by atoms with Gasteiger partial charge in [0.25, 0.3) is 15.9 Å². The largest absolute Gasteiger partial charge is 0.416 e. The van der Waals surface area contributed by atoms with Crippen LogP contribution in [0.5, 0.6) is 0 Å². The fourth-order valence-electron chi connectivity index (χ4n) is 2.72. The van der Waals surface area contributed by atoms with Crippen LogP contribution in [0.3, 0.4) is 0 Å². The van der Waals surface area contributed by atoms with Crippen LogP contribution in [0, 0.1) is 0 Å². The molecule has 1 aliphatic heterocycles. The molecule has 2 aromatic rings. The molecular formula is C18H17F3N2O4S. The summed E-state index contributed by atoms with van der Waals surface area (Å²) in [6.07, 6.45) is -4.56. The van der Waals surface area contributed by atoms with Crippen LogP contribution in [0.2, 0.25) is 0 Å². The van der Waals surface area contributed by atoms with Crippen molar-refractivity contribution >= 4 is 21.6 Å². The van der Waals surface area contributed by atoms with Gasteiger partial charge in [0.1, 0.15) is 0 Å². The number of sulfonamides is 1. The van der Waals surface area contributed by atoms with E-state index >= 15 is 0 Å². The van der Waals surface area contributed by atoms with Crippen LogP contribution in [0.15, 0.2) is 53.4 Å². The quantitative estimate of drug-likeness (QED) is 0.835. The minimum atomic E-state index is -4.56. The molecule has 0 radical (unpaired) electrons. The van der Waals surface area contributed by atoms with Gasteiger partial charge in [0.15, 0.2) is 0 Å². The molecule has 0 saturated carbocycles. The van der Waals surface area contributed by atoms with Crippen molar-refractivity contribution in [3.63, 3.8) is 0 Å². The van der Waals surface area contributed by atoms with E-state index in [1.54, 1.807) is 17.0 Å². The fourth-order valence-corrected chi connectivity index (χ4v) is 3.80. The van der Waals surface area contributed by atoms with E-state index in [2.05, 4.69) is 4.72 Å². The molecule has 1 amide bonds. The predicted octanol–water partition coefficient (Wildman–Crippen LogP) is 2.98. The summed E-state index contributed by atoms with van der Waals surface area (Å²) in [5.41, 5.74) is -0.742. The number of rotatable bonds is 4. The van der Waals surface area contributed by atoms with E-state index in [0.717, 1.165) is 12.1 Å². The maximum absolute atomic E-state index is 12.7. The SMILES string of the molecule is O=C(c1ccccc1NS(=O)(=O)c1ccc(C(F)(F)F)cc1)N1CCOCC1. The molecule has 6 nitrogen and oxygen atoms in total. The molecule has 0 aromatic heterocycles. The standard InChI is InChI=1S/C18H17F3N2O4S/c19-18(20,21)13-5-7-14(8-6-13)28(25,26)22-16-4-2-1-3-15(16)17(24)23-9-11-27-12-10-23/h1-8,22H,9-12H2. The van der Waals surface area contributed by atoms with Crippen molar-refractivity contribution in [2.24, 2.45) is 0 Å². The van der Waals surface area contributed by atoms with E-state index in [1.165, 1.54) is 12.1 Å². The number of nitrogens with one attached hydrogen (secondary N) is 1. The first kappa shape index (κ1) is 20.2. The Bertz CT molecular complexity index is 954. The summed E-state index contributed by atoms with van der Waals surface area (Å²) < 4.78 is 70.6. The second-order valence-corrected chi connectivity index (χ2v) is 7.76. The number of nitrogens with zero attached hydrogens (tertiary/aromatic N) is 1. The van der Waals surface area contributed by atoms with Gasteiger partial charge in [-0.1, -0.05) is 12.1 Å². The molecule has 0 unspecified atom stereocenters. The van der Waals surface area contributed by atoms with E-state index in [1.807, 2.05) is 0 Å². The summed E-state index contributed by atoms with van der Waals surface area (Å²) in [5, 5.41) is 0. The summed E-state index contributed by atoms with van der Waals surface area (Å²) in [6.45, 7) is 1.56. The molecule has 1 N–H and O–H groups in total. The summed E-state index contributed by atoms with van der Waals surface area (Å²) in [6, 6.07) is 9.20. The van der Waals surface area contributed by atoms with Crippen LogP contribution in [0.4, 0.5) is 18.9 Å². The lowest BCUT2D eigenvalue weighted by molar-refractivity contribution is -0.137. The van der Waals surface area contributed by atoms with Gasteiger partial charge in [-0.3, -0.25) is 9.52 Å². The van der Waals surface area contributed by atoms with Crippen molar-refractivity contribution in [1.82, 2.24) is 4.90 Å². The highest BCUT2D eigenvalue weighted by molar-refractivity contribution is 7.92. The smallest absolute Gasteiger partial charge is 0.378 e. The summed E-state index contributed by atoms with van der Waals surface area (Å²) in [4.78, 5) is 13.9. The van der Waals surface area contributed by atoms with E-state index in [-0.39, 0.29) is 22.1 Å². The number of morpholine rings is 1. The van der Waals surface area contributed by atoms with Crippen LogP contribution < -0.4 is 4.72 Å². The Labute approximate surface area is 160 Å². The number of benzene rings is 2. The zero-order valence-corrected chi connectivity index (χ0v) is 15.4. The number of amides is 1. The number of alkyl halides is 3. The zero-order valence-electron chi connectivity index (χ0n) is 14.6. The Morgan fingerprint density at radius 1 is 1.00 bits per heavy atom. The van der Waals surface area contributed by atoms with Crippen LogP contribution >= 0.6 is 0 Å². The Morgan fingerprint density at radius 3 is 2.21 bits per heavy atom. The molecule has 1 saturated heterocycles. The second-order valence-electron chi connectivity index (χ2n) is 6.08. The summed E-state index contributed by atoms with van der Waals surface area (Å²) in [5.74, 6) is -0.353. The van der Waals surface area contributed by atoms with E-state index in [9.17, 15) is 26.4 Å². The number of carbonyl (C=O) groups is 1. The van der Waals surface area contributed by atoms with Gasteiger partial charge in [-0.25, -0.2) is 8.42 Å². The van der Waals surface area contributed by atoms with E-state index in [0.29, 0.717) is 38.4 Å². The molecule has 10 heteroatoms. The number of para-hydroxylation sites is 1. The Kier molecular flexibility index (Phi) is 5.61. The molecular weight excluding hydrogens is 397 g/mol. The lowest BCUT2D eigenvalue weighted by atomic mass is 10.1. The lowest BCUT2D eigenvalue weighted by Gasteiger charge is -2.27. The number of hydrogen-bond acceptors (Lipinski definition) is 4. The first-order valence-electron chi connectivity index (χ1n) is 8.34. The molecule has 0 bridgehead atoms.